The molecule has 0 fully saturated rings. The van der Waals surface area contributed by atoms with Gasteiger partial charge < -0.3 is 4.55 Å². The highest BCUT2D eigenvalue weighted by molar-refractivity contribution is 7.90. The molecule has 0 radical (unpaired) electrons. The van der Waals surface area contributed by atoms with Crippen molar-refractivity contribution in [1.82, 2.24) is 4.72 Å². The van der Waals surface area contributed by atoms with E-state index in [-0.39, 0.29) is 0 Å². The highest BCUT2D eigenvalue weighted by Crippen LogP contribution is 2.16. The van der Waals surface area contributed by atoms with Crippen molar-refractivity contribution < 1.29 is 17.7 Å². The van der Waals surface area contributed by atoms with E-state index < -0.39 is 28.1 Å². The minimum atomic E-state index is -2.49. The second-order valence-corrected chi connectivity index (χ2v) is 5.02. The third kappa shape index (κ3) is 3.87. The molecule has 12 heavy (non-hydrogen) atoms. The van der Waals surface area contributed by atoms with E-state index in [9.17, 15) is 17.7 Å². The summed E-state index contributed by atoms with van der Waals surface area (Å²) < 4.78 is 46.9. The van der Waals surface area contributed by atoms with Gasteiger partial charge in [-0.25, -0.2) is 0 Å². The third-order valence-corrected chi connectivity index (χ3v) is 2.38. The molecule has 0 aliphatic heterocycles. The molecule has 0 aromatic rings. The van der Waals surface area contributed by atoms with Crippen molar-refractivity contribution in [2.24, 2.45) is 0 Å². The number of hydrogen-bond acceptors (Lipinski definition) is 2. The molecule has 0 saturated heterocycles. The van der Waals surface area contributed by atoms with Crippen LogP contribution in [0.3, 0.4) is 0 Å². The lowest BCUT2D eigenvalue weighted by Crippen LogP contribution is -2.38. The van der Waals surface area contributed by atoms with Crippen molar-refractivity contribution in [3.05, 3.63) is 12.0 Å². The molecule has 72 valence electrons. The normalized spacial score (nSPS) is 13.9. The first-order chi connectivity index (χ1) is 5.25. The molecule has 0 rings (SSSR count). The Bertz CT molecular complexity index is 186. The zero-order chi connectivity index (χ0) is 9.94. The van der Waals surface area contributed by atoms with Crippen LogP contribution in [0.4, 0.5) is 13.2 Å². The molecule has 0 aliphatic carbocycles. The van der Waals surface area contributed by atoms with Crippen LogP contribution in [0.15, 0.2) is 12.0 Å². The van der Waals surface area contributed by atoms with Crippen LogP contribution in [0.1, 0.15) is 20.8 Å². The molecule has 2 nitrogen and oxygen atoms in total. The minimum Gasteiger partial charge on any atom is -0.593 e. The fourth-order valence-electron chi connectivity index (χ4n) is 0.273. The Morgan fingerprint density at radius 3 is 1.92 bits per heavy atom. The predicted molar refractivity (Wildman–Crippen MR) is 41.4 cm³/mol. The van der Waals surface area contributed by atoms with Crippen molar-refractivity contribution in [3.63, 3.8) is 0 Å². The Morgan fingerprint density at radius 2 is 1.67 bits per heavy atom. The van der Waals surface area contributed by atoms with E-state index >= 15 is 0 Å². The van der Waals surface area contributed by atoms with E-state index in [2.05, 4.69) is 0 Å². The SMILES string of the molecule is CC(C)(C)[S+]([O-])NC(F)=C(F)F. The number of halogens is 3. The Morgan fingerprint density at radius 1 is 1.25 bits per heavy atom. The standard InChI is InChI=1S/C6H10F3NOS/c1-6(2,3)12(11)10-5(9)4(7)8/h10H,1-3H3. The maximum Gasteiger partial charge on any atom is 0.326 e. The van der Waals surface area contributed by atoms with E-state index in [1.54, 1.807) is 25.5 Å². The van der Waals surface area contributed by atoms with E-state index in [1.165, 1.54) is 0 Å². The van der Waals surface area contributed by atoms with Crippen LogP contribution in [-0.4, -0.2) is 9.30 Å². The first-order valence-electron chi connectivity index (χ1n) is 3.14. The van der Waals surface area contributed by atoms with Crippen molar-refractivity contribution >= 4 is 11.4 Å². The van der Waals surface area contributed by atoms with Crippen LogP contribution in [0.2, 0.25) is 0 Å². The van der Waals surface area contributed by atoms with Crippen molar-refractivity contribution in [2.75, 3.05) is 0 Å². The van der Waals surface area contributed by atoms with Crippen molar-refractivity contribution in [1.29, 1.82) is 0 Å². The van der Waals surface area contributed by atoms with Gasteiger partial charge in [0.1, 0.15) is 4.75 Å². The Kier molecular flexibility index (Phi) is 3.92. The third-order valence-electron chi connectivity index (χ3n) is 0.904. The maximum absolute atomic E-state index is 12.1. The summed E-state index contributed by atoms with van der Waals surface area (Å²) in [6, 6.07) is 0. The van der Waals surface area contributed by atoms with Crippen LogP contribution in [0, 0.1) is 0 Å². The lowest BCUT2D eigenvalue weighted by atomic mass is 10.3. The molecular weight excluding hydrogens is 191 g/mol. The monoisotopic (exact) mass is 201 g/mol. The van der Waals surface area contributed by atoms with Crippen molar-refractivity contribution in [3.8, 4) is 0 Å². The summed E-state index contributed by atoms with van der Waals surface area (Å²) >= 11 is -1.85. The molecule has 0 heterocycles. The Balaban J connectivity index is 4.21. The molecule has 0 bridgehead atoms. The van der Waals surface area contributed by atoms with Gasteiger partial charge in [-0.2, -0.15) is 17.9 Å². The van der Waals surface area contributed by atoms with E-state index in [4.69, 9.17) is 0 Å². The van der Waals surface area contributed by atoms with Gasteiger partial charge in [-0.05, 0) is 20.8 Å². The summed E-state index contributed by atoms with van der Waals surface area (Å²) in [5, 5.41) is 0. The summed E-state index contributed by atoms with van der Waals surface area (Å²) in [4.78, 5) is 0. The molecule has 0 aromatic heterocycles. The van der Waals surface area contributed by atoms with Crippen LogP contribution in [0.25, 0.3) is 0 Å². The van der Waals surface area contributed by atoms with Crippen LogP contribution in [0.5, 0.6) is 0 Å². The molecule has 0 aromatic carbocycles. The molecule has 0 spiro atoms. The number of hydrogen-bond donors (Lipinski definition) is 1. The first-order valence-corrected chi connectivity index (χ1v) is 4.29. The summed E-state index contributed by atoms with van der Waals surface area (Å²) in [6.07, 6.45) is -2.49. The van der Waals surface area contributed by atoms with E-state index in [0.29, 0.717) is 0 Å². The van der Waals surface area contributed by atoms with Gasteiger partial charge in [-0.1, -0.05) is 0 Å². The fourth-order valence-corrected chi connectivity index (χ4v) is 0.819. The minimum absolute atomic E-state index is 0.771. The van der Waals surface area contributed by atoms with Gasteiger partial charge in [-0.3, -0.25) is 0 Å². The molecule has 0 aliphatic rings. The molecule has 0 saturated carbocycles. The predicted octanol–water partition coefficient (Wildman–Crippen LogP) is 2.07. The zero-order valence-electron chi connectivity index (χ0n) is 6.95. The number of rotatable bonds is 2. The van der Waals surface area contributed by atoms with Gasteiger partial charge in [0.05, 0.1) is 11.4 Å². The zero-order valence-corrected chi connectivity index (χ0v) is 7.77. The summed E-state index contributed by atoms with van der Waals surface area (Å²) in [5.74, 6) is -1.83. The highest BCUT2D eigenvalue weighted by atomic mass is 32.2. The fraction of sp³-hybridized carbons (Fsp3) is 0.667. The lowest BCUT2D eigenvalue weighted by Gasteiger charge is -2.22. The molecule has 6 heteroatoms. The second kappa shape index (κ2) is 4.04. The van der Waals surface area contributed by atoms with Crippen LogP contribution < -0.4 is 4.72 Å². The van der Waals surface area contributed by atoms with E-state index in [0.717, 1.165) is 0 Å². The summed E-state index contributed by atoms with van der Waals surface area (Å²) in [7, 11) is 0. The molecule has 1 unspecified atom stereocenters. The van der Waals surface area contributed by atoms with Gasteiger partial charge >= 0.3 is 6.08 Å². The van der Waals surface area contributed by atoms with Gasteiger partial charge in [0, 0.05) is 0 Å². The van der Waals surface area contributed by atoms with Crippen molar-refractivity contribution in [2.45, 2.75) is 25.5 Å². The summed E-state index contributed by atoms with van der Waals surface area (Å²) in [5.41, 5.74) is 0. The van der Waals surface area contributed by atoms with Crippen LogP contribution >= 0.6 is 0 Å². The Labute approximate surface area is 72.2 Å². The topological polar surface area (TPSA) is 35.1 Å². The Hall–Kier alpha value is -0.360. The van der Waals surface area contributed by atoms with E-state index in [1.807, 2.05) is 0 Å². The largest absolute Gasteiger partial charge is 0.593 e. The average Bonchev–Trinajstić information content (AvgIpc) is 1.85. The average molecular weight is 201 g/mol. The lowest BCUT2D eigenvalue weighted by molar-refractivity contribution is 0.369. The van der Waals surface area contributed by atoms with Crippen LogP contribution in [-0.2, 0) is 11.4 Å². The van der Waals surface area contributed by atoms with Gasteiger partial charge in [-0.15, -0.1) is 0 Å². The quantitative estimate of drug-likeness (QED) is 0.548. The second-order valence-electron chi connectivity index (χ2n) is 3.06. The highest BCUT2D eigenvalue weighted by Gasteiger charge is 2.28. The molecule has 1 atom stereocenters. The molecule has 1 N–H and O–H groups in total. The first kappa shape index (κ1) is 11.6. The maximum atomic E-state index is 12.1. The van der Waals surface area contributed by atoms with Gasteiger partial charge in [0.2, 0.25) is 0 Å². The molecule has 0 amide bonds. The number of nitrogens with one attached hydrogen (secondary N) is 1. The van der Waals surface area contributed by atoms with Gasteiger partial charge in [0.25, 0.3) is 5.95 Å². The van der Waals surface area contributed by atoms with Gasteiger partial charge in [0.15, 0.2) is 0 Å². The molecular formula is C6H10F3NOS. The summed E-state index contributed by atoms with van der Waals surface area (Å²) in [6.45, 7) is 4.62. The smallest absolute Gasteiger partial charge is 0.326 e.